The smallest absolute Gasteiger partial charge is 0.239 e. The molecule has 1 aliphatic carbocycles. The molecule has 132 valence electrons. The molecule has 24 heavy (non-hydrogen) atoms. The number of nitrogens with zero attached hydrogens (tertiary/aromatic N) is 2. The van der Waals surface area contributed by atoms with Crippen LogP contribution in [0.15, 0.2) is 24.3 Å². The van der Waals surface area contributed by atoms with Crippen LogP contribution in [0.3, 0.4) is 0 Å². The number of carbonyl (C=O) groups is 1. The SMILES string of the molecule is CN(CC1CCCC1O)C(=O)C1CCCN1Cc1ccc(F)cc1. The summed E-state index contributed by atoms with van der Waals surface area (Å²) in [6, 6.07) is 6.41. The quantitative estimate of drug-likeness (QED) is 0.899. The zero-order chi connectivity index (χ0) is 17.1. The molecule has 0 radical (unpaired) electrons. The van der Waals surface area contributed by atoms with Gasteiger partial charge in [-0.1, -0.05) is 18.6 Å². The van der Waals surface area contributed by atoms with Crippen LogP contribution >= 0.6 is 0 Å². The first-order valence-corrected chi connectivity index (χ1v) is 8.96. The highest BCUT2D eigenvalue weighted by molar-refractivity contribution is 5.82. The maximum Gasteiger partial charge on any atom is 0.239 e. The number of carbonyl (C=O) groups excluding carboxylic acids is 1. The zero-order valence-corrected chi connectivity index (χ0v) is 14.3. The first-order valence-electron chi connectivity index (χ1n) is 8.96. The number of halogens is 1. The molecular formula is C19H27FN2O2. The Hall–Kier alpha value is -1.46. The van der Waals surface area contributed by atoms with Crippen LogP contribution in [-0.2, 0) is 11.3 Å². The van der Waals surface area contributed by atoms with Crippen LogP contribution < -0.4 is 0 Å². The van der Waals surface area contributed by atoms with Gasteiger partial charge in [-0.3, -0.25) is 9.69 Å². The molecule has 4 nitrogen and oxygen atoms in total. The summed E-state index contributed by atoms with van der Waals surface area (Å²) in [4.78, 5) is 16.8. The van der Waals surface area contributed by atoms with E-state index in [2.05, 4.69) is 4.90 Å². The molecule has 3 rings (SSSR count). The molecule has 1 aliphatic heterocycles. The molecule has 2 fully saturated rings. The first-order chi connectivity index (χ1) is 11.5. The number of hydrogen-bond acceptors (Lipinski definition) is 3. The second-order valence-electron chi connectivity index (χ2n) is 7.23. The van der Waals surface area contributed by atoms with Crippen molar-refractivity contribution >= 4 is 5.91 Å². The van der Waals surface area contributed by atoms with Gasteiger partial charge in [-0.2, -0.15) is 0 Å². The topological polar surface area (TPSA) is 43.8 Å². The summed E-state index contributed by atoms with van der Waals surface area (Å²) < 4.78 is 13.0. The van der Waals surface area contributed by atoms with Crippen LogP contribution in [-0.4, -0.2) is 53.1 Å². The van der Waals surface area contributed by atoms with Crippen LogP contribution in [0, 0.1) is 11.7 Å². The van der Waals surface area contributed by atoms with Crippen LogP contribution in [0.4, 0.5) is 4.39 Å². The number of aliphatic hydroxyl groups excluding tert-OH is 1. The van der Waals surface area contributed by atoms with Crippen molar-refractivity contribution in [1.82, 2.24) is 9.80 Å². The normalized spacial score (nSPS) is 27.5. The van der Waals surface area contributed by atoms with E-state index in [4.69, 9.17) is 0 Å². The van der Waals surface area contributed by atoms with E-state index in [-0.39, 0.29) is 29.8 Å². The van der Waals surface area contributed by atoms with Crippen LogP contribution in [0.2, 0.25) is 0 Å². The second kappa shape index (κ2) is 7.62. The average molecular weight is 334 g/mol. The van der Waals surface area contributed by atoms with E-state index in [9.17, 15) is 14.3 Å². The Morgan fingerprint density at radius 1 is 1.25 bits per heavy atom. The Morgan fingerprint density at radius 3 is 2.67 bits per heavy atom. The predicted molar refractivity (Wildman–Crippen MR) is 90.8 cm³/mol. The maximum absolute atomic E-state index is 13.0. The maximum atomic E-state index is 13.0. The lowest BCUT2D eigenvalue weighted by Gasteiger charge is -2.30. The molecule has 3 atom stereocenters. The summed E-state index contributed by atoms with van der Waals surface area (Å²) in [5.74, 6) is 0.127. The third-order valence-corrected chi connectivity index (χ3v) is 5.45. The minimum Gasteiger partial charge on any atom is -0.393 e. The molecule has 1 saturated carbocycles. The van der Waals surface area contributed by atoms with Gasteiger partial charge in [0, 0.05) is 26.1 Å². The molecule has 2 aliphatic rings. The fourth-order valence-corrected chi connectivity index (χ4v) is 4.05. The minimum absolute atomic E-state index is 0.0985. The minimum atomic E-state index is -0.265. The molecule has 5 heteroatoms. The van der Waals surface area contributed by atoms with Gasteiger partial charge in [-0.05, 0) is 49.9 Å². The third-order valence-electron chi connectivity index (χ3n) is 5.45. The van der Waals surface area contributed by atoms with E-state index in [0.717, 1.165) is 44.2 Å². The highest BCUT2D eigenvalue weighted by Gasteiger charge is 2.34. The van der Waals surface area contributed by atoms with Gasteiger partial charge in [-0.25, -0.2) is 4.39 Å². The third kappa shape index (κ3) is 3.95. The van der Waals surface area contributed by atoms with E-state index in [0.29, 0.717) is 13.1 Å². The Labute approximate surface area is 143 Å². The van der Waals surface area contributed by atoms with Gasteiger partial charge >= 0.3 is 0 Å². The summed E-state index contributed by atoms with van der Waals surface area (Å²) in [5, 5.41) is 9.98. The molecule has 3 unspecified atom stereocenters. The van der Waals surface area contributed by atoms with Gasteiger partial charge in [0.25, 0.3) is 0 Å². The van der Waals surface area contributed by atoms with E-state index in [1.54, 1.807) is 17.0 Å². The summed E-state index contributed by atoms with van der Waals surface area (Å²) in [5.41, 5.74) is 1.03. The van der Waals surface area contributed by atoms with Crippen LogP contribution in [0.5, 0.6) is 0 Å². The molecule has 1 aromatic carbocycles. The van der Waals surface area contributed by atoms with Gasteiger partial charge in [0.15, 0.2) is 0 Å². The van der Waals surface area contributed by atoms with Crippen molar-refractivity contribution in [1.29, 1.82) is 0 Å². The molecule has 1 aromatic rings. The summed E-state index contributed by atoms with van der Waals surface area (Å²) >= 11 is 0. The van der Waals surface area contributed by atoms with Gasteiger partial charge in [-0.15, -0.1) is 0 Å². The van der Waals surface area contributed by atoms with Crippen molar-refractivity contribution in [2.45, 2.75) is 50.8 Å². The van der Waals surface area contributed by atoms with Gasteiger partial charge < -0.3 is 10.0 Å². The molecule has 0 spiro atoms. The highest BCUT2D eigenvalue weighted by atomic mass is 19.1. The Balaban J connectivity index is 1.59. The standard InChI is InChI=1S/C19H27FN2O2/c1-21(13-15-4-2-6-18(15)23)19(24)17-5-3-11-22(17)12-14-7-9-16(20)10-8-14/h7-10,15,17-18,23H,2-6,11-13H2,1H3. The number of amides is 1. The lowest BCUT2D eigenvalue weighted by molar-refractivity contribution is -0.135. The summed E-state index contributed by atoms with van der Waals surface area (Å²) in [7, 11) is 1.85. The molecule has 1 heterocycles. The van der Waals surface area contributed by atoms with Gasteiger partial charge in [0.2, 0.25) is 5.91 Å². The number of rotatable bonds is 5. The number of aliphatic hydroxyl groups is 1. The predicted octanol–water partition coefficient (Wildman–Crippen LogP) is 2.41. The summed E-state index contributed by atoms with van der Waals surface area (Å²) in [6.07, 6.45) is 4.53. The van der Waals surface area contributed by atoms with Crippen molar-refractivity contribution < 1.29 is 14.3 Å². The number of hydrogen-bond donors (Lipinski definition) is 1. The van der Waals surface area contributed by atoms with Crippen molar-refractivity contribution in [3.05, 3.63) is 35.6 Å². The van der Waals surface area contributed by atoms with Crippen molar-refractivity contribution in [2.75, 3.05) is 20.1 Å². The van der Waals surface area contributed by atoms with E-state index in [1.807, 2.05) is 7.05 Å². The van der Waals surface area contributed by atoms with Gasteiger partial charge in [0.1, 0.15) is 5.82 Å². The largest absolute Gasteiger partial charge is 0.393 e. The zero-order valence-electron chi connectivity index (χ0n) is 14.3. The monoisotopic (exact) mass is 334 g/mol. The van der Waals surface area contributed by atoms with Gasteiger partial charge in [0.05, 0.1) is 12.1 Å². The molecule has 1 amide bonds. The van der Waals surface area contributed by atoms with E-state index in [1.165, 1.54) is 12.1 Å². The van der Waals surface area contributed by atoms with E-state index < -0.39 is 0 Å². The van der Waals surface area contributed by atoms with Crippen molar-refractivity contribution in [3.63, 3.8) is 0 Å². The summed E-state index contributed by atoms with van der Waals surface area (Å²) in [6.45, 7) is 2.21. The molecule has 1 N–H and O–H groups in total. The highest BCUT2D eigenvalue weighted by Crippen LogP contribution is 2.27. The lowest BCUT2D eigenvalue weighted by Crippen LogP contribution is -2.45. The number of likely N-dealkylation sites (N-methyl/N-ethyl adjacent to an activating group) is 1. The van der Waals surface area contributed by atoms with Crippen molar-refractivity contribution in [3.8, 4) is 0 Å². The Kier molecular flexibility index (Phi) is 5.51. The second-order valence-corrected chi connectivity index (χ2v) is 7.23. The van der Waals surface area contributed by atoms with Crippen molar-refractivity contribution in [2.24, 2.45) is 5.92 Å². The molecular weight excluding hydrogens is 307 g/mol. The fraction of sp³-hybridized carbons (Fsp3) is 0.632. The first kappa shape index (κ1) is 17.4. The number of likely N-dealkylation sites (tertiary alicyclic amines) is 1. The number of benzene rings is 1. The molecule has 0 aromatic heterocycles. The Bertz CT molecular complexity index is 563. The average Bonchev–Trinajstić information content (AvgIpc) is 3.18. The molecule has 1 saturated heterocycles. The lowest BCUT2D eigenvalue weighted by atomic mass is 10.0. The fourth-order valence-electron chi connectivity index (χ4n) is 4.05. The molecule has 0 bridgehead atoms. The van der Waals surface area contributed by atoms with E-state index >= 15 is 0 Å². The van der Waals surface area contributed by atoms with Crippen LogP contribution in [0.1, 0.15) is 37.7 Å². The van der Waals surface area contributed by atoms with Crippen LogP contribution in [0.25, 0.3) is 0 Å². The Morgan fingerprint density at radius 2 is 2.00 bits per heavy atom.